The van der Waals surface area contributed by atoms with Crippen molar-refractivity contribution in [3.05, 3.63) is 23.6 Å². The zero-order valence-corrected chi connectivity index (χ0v) is 9.48. The number of rotatable bonds is 6. The Morgan fingerprint density at radius 3 is 2.94 bits per heavy atom. The first-order valence-corrected chi connectivity index (χ1v) is 5.36. The fourth-order valence-electron chi connectivity index (χ4n) is 1.38. The van der Waals surface area contributed by atoms with Gasteiger partial charge in [-0.2, -0.15) is 0 Å². The summed E-state index contributed by atoms with van der Waals surface area (Å²) in [6, 6.07) is 1.09. The topological polar surface area (TPSA) is 82.5 Å². The molecule has 0 aliphatic heterocycles. The first-order chi connectivity index (χ1) is 8.06. The van der Waals surface area contributed by atoms with Crippen LogP contribution < -0.4 is 5.32 Å². The van der Waals surface area contributed by atoms with Gasteiger partial charge in [0.25, 0.3) is 0 Å². The van der Waals surface area contributed by atoms with Crippen LogP contribution in [0.15, 0.2) is 12.3 Å². The van der Waals surface area contributed by atoms with Gasteiger partial charge in [0, 0.05) is 12.7 Å². The number of aliphatic hydroxyl groups excluding tert-OH is 1. The van der Waals surface area contributed by atoms with Crippen molar-refractivity contribution in [3.8, 4) is 0 Å². The minimum absolute atomic E-state index is 0.140. The van der Waals surface area contributed by atoms with Crippen molar-refractivity contribution in [1.29, 1.82) is 0 Å². The maximum atomic E-state index is 13.6. The van der Waals surface area contributed by atoms with Gasteiger partial charge in [-0.15, -0.1) is 0 Å². The molecule has 3 N–H and O–H groups in total. The number of nitrogens with one attached hydrogen (secondary N) is 1. The Morgan fingerprint density at radius 1 is 1.65 bits per heavy atom. The minimum atomic E-state index is -1.35. The second kappa shape index (κ2) is 6.15. The molecule has 0 aromatic carbocycles. The molecule has 6 heteroatoms. The molecular weight excluding hydrogens is 227 g/mol. The summed E-state index contributed by atoms with van der Waals surface area (Å²) in [5.41, 5.74) is -0.438. The van der Waals surface area contributed by atoms with E-state index in [-0.39, 0.29) is 12.4 Å². The summed E-state index contributed by atoms with van der Waals surface area (Å²) in [4.78, 5) is 14.4. The normalized spacial score (nSPS) is 12.2. The Morgan fingerprint density at radius 2 is 2.35 bits per heavy atom. The molecular formula is C11H15FN2O3. The summed E-state index contributed by atoms with van der Waals surface area (Å²) < 4.78 is 13.6. The highest BCUT2D eigenvalue weighted by Crippen LogP contribution is 2.15. The molecule has 17 heavy (non-hydrogen) atoms. The Bertz CT molecular complexity index is 398. The predicted octanol–water partition coefficient (Wildman–Crippen LogP) is 1.49. The maximum Gasteiger partial charge on any atom is 0.338 e. The summed E-state index contributed by atoms with van der Waals surface area (Å²) >= 11 is 0. The lowest BCUT2D eigenvalue weighted by atomic mass is 10.2. The molecule has 0 amide bonds. The van der Waals surface area contributed by atoms with Crippen LogP contribution in [0.25, 0.3) is 0 Å². The second-order valence-electron chi connectivity index (χ2n) is 3.65. The summed E-state index contributed by atoms with van der Waals surface area (Å²) in [6.07, 6.45) is 2.01. The molecule has 0 bridgehead atoms. The molecule has 0 fully saturated rings. The summed E-state index contributed by atoms with van der Waals surface area (Å²) in [5, 5.41) is 20.8. The van der Waals surface area contributed by atoms with E-state index in [1.165, 1.54) is 6.20 Å². The molecule has 0 aliphatic rings. The maximum absolute atomic E-state index is 13.6. The molecule has 1 atom stereocenters. The van der Waals surface area contributed by atoms with Crippen LogP contribution in [0.4, 0.5) is 10.2 Å². The quantitative estimate of drug-likeness (QED) is 0.704. The van der Waals surface area contributed by atoms with Crippen molar-refractivity contribution in [2.75, 3.05) is 11.9 Å². The average Bonchev–Trinajstić information content (AvgIpc) is 2.27. The number of aliphatic hydroxyl groups is 1. The lowest BCUT2D eigenvalue weighted by molar-refractivity contribution is 0.0692. The van der Waals surface area contributed by atoms with Crippen molar-refractivity contribution in [1.82, 2.24) is 4.98 Å². The fourth-order valence-corrected chi connectivity index (χ4v) is 1.38. The summed E-state index contributed by atoms with van der Waals surface area (Å²) in [6.45, 7) is 2.06. The van der Waals surface area contributed by atoms with Crippen LogP contribution >= 0.6 is 0 Å². The van der Waals surface area contributed by atoms with Crippen LogP contribution in [0.5, 0.6) is 0 Å². The average molecular weight is 242 g/mol. The monoisotopic (exact) mass is 242 g/mol. The fraction of sp³-hybridized carbons (Fsp3) is 0.455. The molecule has 5 nitrogen and oxygen atoms in total. The Labute approximate surface area is 98.3 Å². The Balaban J connectivity index is 2.72. The molecule has 1 heterocycles. The first-order valence-electron chi connectivity index (χ1n) is 5.36. The molecule has 1 aromatic rings. The van der Waals surface area contributed by atoms with Gasteiger partial charge in [0.2, 0.25) is 0 Å². The third-order valence-corrected chi connectivity index (χ3v) is 2.25. The standard InChI is InChI=1S/C11H15FN2O3/c1-2-3-7(15)6-14-10-9(12)8(11(16)17)4-5-13-10/h4-5,7,15H,2-3,6H2,1H3,(H,13,14)(H,16,17). The molecule has 0 saturated carbocycles. The van der Waals surface area contributed by atoms with Crippen LogP contribution in [-0.4, -0.2) is 33.8 Å². The number of hydrogen-bond donors (Lipinski definition) is 3. The van der Waals surface area contributed by atoms with Gasteiger partial charge in [0.15, 0.2) is 11.6 Å². The van der Waals surface area contributed by atoms with E-state index in [0.29, 0.717) is 6.42 Å². The number of nitrogens with zero attached hydrogens (tertiary/aromatic N) is 1. The largest absolute Gasteiger partial charge is 0.478 e. The molecule has 1 aromatic heterocycles. The Kier molecular flexibility index (Phi) is 4.84. The van der Waals surface area contributed by atoms with Gasteiger partial charge < -0.3 is 15.5 Å². The van der Waals surface area contributed by atoms with E-state index >= 15 is 0 Å². The van der Waals surface area contributed by atoms with Gasteiger partial charge in [-0.3, -0.25) is 0 Å². The van der Waals surface area contributed by atoms with E-state index < -0.39 is 23.5 Å². The molecule has 0 spiro atoms. The summed E-state index contributed by atoms with van der Waals surface area (Å²) in [7, 11) is 0. The van der Waals surface area contributed by atoms with Gasteiger partial charge in [-0.25, -0.2) is 14.2 Å². The number of halogens is 1. The molecule has 0 aliphatic carbocycles. The van der Waals surface area contributed by atoms with E-state index in [1.807, 2.05) is 6.92 Å². The van der Waals surface area contributed by atoms with Crippen LogP contribution in [0.1, 0.15) is 30.1 Å². The number of aromatic nitrogens is 1. The van der Waals surface area contributed by atoms with Crippen molar-refractivity contribution >= 4 is 11.8 Å². The van der Waals surface area contributed by atoms with E-state index in [0.717, 1.165) is 12.5 Å². The van der Waals surface area contributed by atoms with Crippen molar-refractivity contribution < 1.29 is 19.4 Å². The van der Waals surface area contributed by atoms with Crippen LogP contribution in [0, 0.1) is 5.82 Å². The lowest BCUT2D eigenvalue weighted by Gasteiger charge is -2.12. The highest BCUT2D eigenvalue weighted by molar-refractivity contribution is 5.88. The van der Waals surface area contributed by atoms with Gasteiger partial charge >= 0.3 is 5.97 Å². The zero-order valence-electron chi connectivity index (χ0n) is 9.48. The van der Waals surface area contributed by atoms with Crippen LogP contribution in [0.2, 0.25) is 0 Å². The molecule has 0 saturated heterocycles. The van der Waals surface area contributed by atoms with E-state index in [2.05, 4.69) is 10.3 Å². The van der Waals surface area contributed by atoms with Crippen molar-refractivity contribution in [2.45, 2.75) is 25.9 Å². The molecule has 0 radical (unpaired) electrons. The van der Waals surface area contributed by atoms with Crippen molar-refractivity contribution in [2.24, 2.45) is 0 Å². The number of hydrogen-bond acceptors (Lipinski definition) is 4. The summed E-state index contributed by atoms with van der Waals surface area (Å²) in [5.74, 6) is -2.41. The van der Waals surface area contributed by atoms with Gasteiger partial charge in [-0.1, -0.05) is 13.3 Å². The van der Waals surface area contributed by atoms with E-state index in [9.17, 15) is 14.3 Å². The first kappa shape index (κ1) is 13.4. The highest BCUT2D eigenvalue weighted by atomic mass is 19.1. The Hall–Kier alpha value is -1.69. The molecule has 1 unspecified atom stereocenters. The third kappa shape index (κ3) is 3.67. The number of carboxylic acids is 1. The molecule has 94 valence electrons. The van der Waals surface area contributed by atoms with Crippen LogP contribution in [-0.2, 0) is 0 Å². The minimum Gasteiger partial charge on any atom is -0.478 e. The molecule has 1 rings (SSSR count). The number of carboxylic acid groups (broad SMARTS) is 1. The van der Waals surface area contributed by atoms with E-state index in [4.69, 9.17) is 5.11 Å². The number of anilines is 1. The SMILES string of the molecule is CCCC(O)CNc1nccc(C(=O)O)c1F. The highest BCUT2D eigenvalue weighted by Gasteiger charge is 2.15. The van der Waals surface area contributed by atoms with E-state index in [1.54, 1.807) is 0 Å². The number of pyridine rings is 1. The van der Waals surface area contributed by atoms with Gasteiger partial charge in [0.1, 0.15) is 5.56 Å². The van der Waals surface area contributed by atoms with Gasteiger partial charge in [0.05, 0.1) is 6.10 Å². The van der Waals surface area contributed by atoms with Gasteiger partial charge in [-0.05, 0) is 12.5 Å². The third-order valence-electron chi connectivity index (χ3n) is 2.25. The zero-order chi connectivity index (χ0) is 12.8. The van der Waals surface area contributed by atoms with Crippen LogP contribution in [0.3, 0.4) is 0 Å². The number of carbonyl (C=O) groups is 1. The predicted molar refractivity (Wildman–Crippen MR) is 60.6 cm³/mol. The lowest BCUT2D eigenvalue weighted by Crippen LogP contribution is -2.20. The van der Waals surface area contributed by atoms with Crippen molar-refractivity contribution in [3.63, 3.8) is 0 Å². The second-order valence-corrected chi connectivity index (χ2v) is 3.65. The smallest absolute Gasteiger partial charge is 0.338 e. The number of aromatic carboxylic acids is 1.